The summed E-state index contributed by atoms with van der Waals surface area (Å²) < 4.78 is 1.96. The second kappa shape index (κ2) is 4.88. The highest BCUT2D eigenvalue weighted by atomic mass is 32.1. The van der Waals surface area contributed by atoms with Crippen molar-refractivity contribution in [2.24, 2.45) is 0 Å². The van der Waals surface area contributed by atoms with E-state index in [4.69, 9.17) is 5.41 Å². The summed E-state index contributed by atoms with van der Waals surface area (Å²) in [6, 6.07) is 0. The third-order valence-electron chi connectivity index (χ3n) is 3.26. The van der Waals surface area contributed by atoms with Crippen LogP contribution in [-0.2, 0) is 16.8 Å². The molecule has 0 aliphatic carbocycles. The number of carbonyl (C=O) groups is 1. The number of nitrogens with one attached hydrogen (secondary N) is 1. The quantitative estimate of drug-likeness (QED) is 0.894. The van der Waals surface area contributed by atoms with Crippen LogP contribution in [0.1, 0.15) is 38.5 Å². The molecule has 1 aromatic rings. The van der Waals surface area contributed by atoms with E-state index in [9.17, 15) is 4.79 Å². The number of carbonyl (C=O) groups excluding carboxylic acids is 1. The van der Waals surface area contributed by atoms with Crippen LogP contribution in [0.4, 0.5) is 0 Å². The lowest BCUT2D eigenvalue weighted by atomic mass is 9.95. The van der Waals surface area contributed by atoms with Gasteiger partial charge < -0.3 is 9.47 Å². The van der Waals surface area contributed by atoms with Gasteiger partial charge >= 0.3 is 0 Å². The van der Waals surface area contributed by atoms with Gasteiger partial charge in [0.25, 0.3) is 0 Å². The molecule has 1 aromatic heterocycles. The van der Waals surface area contributed by atoms with Gasteiger partial charge in [-0.1, -0.05) is 20.8 Å². The van der Waals surface area contributed by atoms with Crippen molar-refractivity contribution in [1.82, 2.24) is 9.47 Å². The Bertz CT molecular complexity index is 495. The molecule has 0 saturated carbocycles. The maximum atomic E-state index is 11.5. The Morgan fingerprint density at radius 3 is 2.61 bits per heavy atom. The summed E-state index contributed by atoms with van der Waals surface area (Å²) in [6.07, 6.45) is 3.73. The van der Waals surface area contributed by atoms with E-state index in [0.29, 0.717) is 11.2 Å². The smallest absolute Gasteiger partial charge is 0.222 e. The van der Waals surface area contributed by atoms with Gasteiger partial charge in [-0.25, -0.2) is 0 Å². The zero-order chi connectivity index (χ0) is 13.3. The second-order valence-electron chi connectivity index (χ2n) is 5.83. The van der Waals surface area contributed by atoms with E-state index < -0.39 is 0 Å². The number of likely N-dealkylation sites (tertiary alicyclic amines) is 1. The van der Waals surface area contributed by atoms with Crippen molar-refractivity contribution in [1.29, 1.82) is 5.41 Å². The monoisotopic (exact) mass is 267 g/mol. The Labute approximate surface area is 112 Å². The number of aromatic nitrogens is 1. The topological polar surface area (TPSA) is 49.1 Å². The SMILES string of the molecule is CC(C)(C)c1cn(CCN2CCCC2=O)c(=N)s1. The van der Waals surface area contributed by atoms with Crippen molar-refractivity contribution < 1.29 is 4.79 Å². The lowest BCUT2D eigenvalue weighted by Gasteiger charge is -2.16. The van der Waals surface area contributed by atoms with Crippen molar-refractivity contribution >= 4 is 17.2 Å². The first-order valence-electron chi connectivity index (χ1n) is 6.41. The fraction of sp³-hybridized carbons (Fsp3) is 0.692. The molecule has 1 N–H and O–H groups in total. The molecule has 5 heteroatoms. The molecule has 1 aliphatic rings. The zero-order valence-corrected chi connectivity index (χ0v) is 12.1. The minimum atomic E-state index is 0.0924. The molecule has 0 atom stereocenters. The molecule has 100 valence electrons. The molecule has 4 nitrogen and oxygen atoms in total. The molecule has 0 aromatic carbocycles. The Balaban J connectivity index is 2.04. The molecule has 2 rings (SSSR count). The van der Waals surface area contributed by atoms with Gasteiger partial charge in [-0.3, -0.25) is 10.2 Å². The number of rotatable bonds is 3. The largest absolute Gasteiger partial charge is 0.341 e. The van der Waals surface area contributed by atoms with Crippen LogP contribution >= 0.6 is 11.3 Å². The highest BCUT2D eigenvalue weighted by Gasteiger charge is 2.21. The summed E-state index contributed by atoms with van der Waals surface area (Å²) in [5.74, 6) is 0.258. The highest BCUT2D eigenvalue weighted by molar-refractivity contribution is 7.09. The summed E-state index contributed by atoms with van der Waals surface area (Å²) in [5, 5.41) is 7.97. The van der Waals surface area contributed by atoms with E-state index in [1.54, 1.807) is 0 Å². The summed E-state index contributed by atoms with van der Waals surface area (Å²) >= 11 is 1.53. The number of nitrogens with zero attached hydrogens (tertiary/aromatic N) is 2. The fourth-order valence-corrected chi connectivity index (χ4v) is 3.03. The van der Waals surface area contributed by atoms with E-state index in [-0.39, 0.29) is 11.3 Å². The number of amides is 1. The molecule has 1 amide bonds. The third kappa shape index (κ3) is 2.83. The summed E-state index contributed by atoms with van der Waals surface area (Å²) in [7, 11) is 0. The molecule has 1 aliphatic heterocycles. The van der Waals surface area contributed by atoms with Crippen molar-refractivity contribution in [3.05, 3.63) is 15.9 Å². The number of hydrogen-bond donors (Lipinski definition) is 1. The summed E-state index contributed by atoms with van der Waals surface area (Å²) in [5.41, 5.74) is 0.0924. The predicted octanol–water partition coefficient (Wildman–Crippen LogP) is 1.95. The van der Waals surface area contributed by atoms with E-state index in [1.807, 2.05) is 9.47 Å². The van der Waals surface area contributed by atoms with Gasteiger partial charge in [0.15, 0.2) is 4.80 Å². The Hall–Kier alpha value is -1.10. The van der Waals surface area contributed by atoms with Crippen LogP contribution in [-0.4, -0.2) is 28.5 Å². The van der Waals surface area contributed by atoms with Crippen LogP contribution in [0, 0.1) is 5.41 Å². The Morgan fingerprint density at radius 2 is 2.11 bits per heavy atom. The van der Waals surface area contributed by atoms with Crippen LogP contribution in [0.3, 0.4) is 0 Å². The maximum Gasteiger partial charge on any atom is 0.222 e. The minimum absolute atomic E-state index is 0.0924. The third-order valence-corrected chi connectivity index (χ3v) is 4.63. The molecule has 2 heterocycles. The average molecular weight is 267 g/mol. The zero-order valence-electron chi connectivity index (χ0n) is 11.3. The van der Waals surface area contributed by atoms with Gasteiger partial charge in [0.05, 0.1) is 0 Å². The first-order chi connectivity index (χ1) is 8.38. The van der Waals surface area contributed by atoms with Crippen LogP contribution in [0.15, 0.2) is 6.20 Å². The van der Waals surface area contributed by atoms with Crippen molar-refractivity contribution in [2.75, 3.05) is 13.1 Å². The van der Waals surface area contributed by atoms with E-state index >= 15 is 0 Å². The Kier molecular flexibility index (Phi) is 3.61. The molecule has 1 fully saturated rings. The van der Waals surface area contributed by atoms with Gasteiger partial charge in [0, 0.05) is 37.1 Å². The van der Waals surface area contributed by atoms with Gasteiger partial charge in [-0.2, -0.15) is 0 Å². The second-order valence-corrected chi connectivity index (χ2v) is 6.86. The molecule has 0 spiro atoms. The van der Waals surface area contributed by atoms with E-state index in [1.165, 1.54) is 16.2 Å². The molecular weight excluding hydrogens is 246 g/mol. The number of hydrogen-bond acceptors (Lipinski definition) is 3. The van der Waals surface area contributed by atoms with E-state index in [0.717, 1.165) is 26.1 Å². The van der Waals surface area contributed by atoms with Crippen LogP contribution < -0.4 is 4.80 Å². The van der Waals surface area contributed by atoms with E-state index in [2.05, 4.69) is 27.0 Å². The molecule has 18 heavy (non-hydrogen) atoms. The minimum Gasteiger partial charge on any atom is -0.341 e. The average Bonchev–Trinajstić information content (AvgIpc) is 2.82. The number of thiazole rings is 1. The van der Waals surface area contributed by atoms with Crippen molar-refractivity contribution in [2.45, 2.75) is 45.6 Å². The standard InChI is InChI=1S/C13H21N3OS/c1-13(2,3)10-9-16(12(14)18-10)8-7-15-6-4-5-11(15)17/h9,14H,4-8H2,1-3H3. The van der Waals surface area contributed by atoms with Gasteiger partial charge in [-0.15, -0.1) is 11.3 Å². The fourth-order valence-electron chi connectivity index (χ4n) is 2.07. The molecule has 1 saturated heterocycles. The normalized spacial score (nSPS) is 16.6. The maximum absolute atomic E-state index is 11.5. The molecule has 0 bridgehead atoms. The van der Waals surface area contributed by atoms with Crippen LogP contribution in [0.2, 0.25) is 0 Å². The Morgan fingerprint density at radius 1 is 1.39 bits per heavy atom. The van der Waals surface area contributed by atoms with Crippen LogP contribution in [0.25, 0.3) is 0 Å². The van der Waals surface area contributed by atoms with Gasteiger partial charge in [0.1, 0.15) is 0 Å². The lowest BCUT2D eigenvalue weighted by Crippen LogP contribution is -2.30. The molecular formula is C13H21N3OS. The van der Waals surface area contributed by atoms with Crippen molar-refractivity contribution in [3.63, 3.8) is 0 Å². The summed E-state index contributed by atoms with van der Waals surface area (Å²) in [4.78, 5) is 15.2. The predicted molar refractivity (Wildman–Crippen MR) is 72.7 cm³/mol. The molecule has 0 unspecified atom stereocenters. The first kappa shape index (κ1) is 13.3. The van der Waals surface area contributed by atoms with Gasteiger partial charge in [0.2, 0.25) is 5.91 Å². The van der Waals surface area contributed by atoms with Gasteiger partial charge in [-0.05, 0) is 11.8 Å². The first-order valence-corrected chi connectivity index (χ1v) is 7.23. The van der Waals surface area contributed by atoms with Crippen LogP contribution in [0.5, 0.6) is 0 Å². The lowest BCUT2D eigenvalue weighted by molar-refractivity contribution is -0.127. The molecule has 0 radical (unpaired) electrons. The summed E-state index contributed by atoms with van der Waals surface area (Å²) in [6.45, 7) is 8.82. The van der Waals surface area contributed by atoms with Crippen molar-refractivity contribution in [3.8, 4) is 0 Å². The highest BCUT2D eigenvalue weighted by Crippen LogP contribution is 2.24.